The summed E-state index contributed by atoms with van der Waals surface area (Å²) in [6, 6.07) is 7.35. The van der Waals surface area contributed by atoms with Crippen molar-refractivity contribution in [2.45, 2.75) is 32.6 Å². The summed E-state index contributed by atoms with van der Waals surface area (Å²) in [7, 11) is 0. The highest BCUT2D eigenvalue weighted by atomic mass is 19.1. The van der Waals surface area contributed by atoms with Crippen LogP contribution in [0.15, 0.2) is 35.1 Å². The molecule has 0 unspecified atom stereocenters. The molecule has 0 radical (unpaired) electrons. The van der Waals surface area contributed by atoms with Crippen molar-refractivity contribution in [2.75, 3.05) is 44.6 Å². The van der Waals surface area contributed by atoms with Crippen molar-refractivity contribution in [2.24, 2.45) is 5.73 Å². The van der Waals surface area contributed by atoms with Crippen LogP contribution in [0, 0.1) is 18.6 Å². The molecule has 3 aromatic rings. The number of H-pyrrole nitrogens is 1. The number of nitrogens with two attached hydrogens (primary N) is 1. The van der Waals surface area contributed by atoms with Gasteiger partial charge in [-0.15, -0.1) is 0 Å². The van der Waals surface area contributed by atoms with Gasteiger partial charge in [0.15, 0.2) is 0 Å². The molecule has 0 bridgehead atoms. The number of rotatable bonds is 14. The number of anilines is 1. The summed E-state index contributed by atoms with van der Waals surface area (Å²) in [5.41, 5.74) is 6.59. The summed E-state index contributed by atoms with van der Waals surface area (Å²) in [6.07, 6.45) is 4.03. The lowest BCUT2D eigenvalue weighted by Gasteiger charge is -2.10. The van der Waals surface area contributed by atoms with Gasteiger partial charge in [0.25, 0.3) is 5.56 Å². The van der Waals surface area contributed by atoms with Crippen molar-refractivity contribution >= 4 is 16.6 Å². The van der Waals surface area contributed by atoms with Crippen molar-refractivity contribution in [3.8, 4) is 11.4 Å². The molecule has 0 aliphatic carbocycles. The lowest BCUT2D eigenvalue weighted by atomic mass is 10.1. The Labute approximate surface area is 198 Å². The molecule has 0 saturated heterocycles. The van der Waals surface area contributed by atoms with E-state index in [9.17, 15) is 13.6 Å². The normalized spacial score (nSPS) is 11.3. The van der Waals surface area contributed by atoms with Crippen LogP contribution >= 0.6 is 0 Å². The van der Waals surface area contributed by atoms with Gasteiger partial charge < -0.3 is 26.7 Å². The molecule has 34 heavy (non-hydrogen) atoms. The van der Waals surface area contributed by atoms with Crippen LogP contribution in [0.3, 0.4) is 0 Å². The highest BCUT2D eigenvalue weighted by Crippen LogP contribution is 2.23. The van der Waals surface area contributed by atoms with Crippen LogP contribution < -0.4 is 27.2 Å². The van der Waals surface area contributed by atoms with Crippen LogP contribution in [-0.2, 0) is 0 Å². The molecule has 184 valence electrons. The van der Waals surface area contributed by atoms with Gasteiger partial charge in [0.2, 0.25) is 0 Å². The fourth-order valence-electron chi connectivity index (χ4n) is 3.59. The van der Waals surface area contributed by atoms with E-state index >= 15 is 0 Å². The first-order valence-electron chi connectivity index (χ1n) is 11.8. The van der Waals surface area contributed by atoms with E-state index in [1.54, 1.807) is 19.1 Å². The SMILES string of the molecule is Cc1ccc(-c2nc3cc(NCCCNCCCCNCCCN)c(F)cc3c(=O)[nH]2)cc1F. The molecule has 0 atom stereocenters. The van der Waals surface area contributed by atoms with Gasteiger partial charge in [0.05, 0.1) is 16.6 Å². The van der Waals surface area contributed by atoms with Gasteiger partial charge in [-0.2, -0.15) is 0 Å². The van der Waals surface area contributed by atoms with E-state index in [-0.39, 0.29) is 22.7 Å². The number of aromatic amines is 1. The number of unbranched alkanes of at least 4 members (excludes halogenated alkanes) is 1. The molecule has 1 heterocycles. The fraction of sp³-hybridized carbons (Fsp3) is 0.440. The molecule has 0 fully saturated rings. The van der Waals surface area contributed by atoms with E-state index in [1.165, 1.54) is 18.2 Å². The largest absolute Gasteiger partial charge is 0.383 e. The number of aryl methyl sites for hydroxylation is 1. The maximum absolute atomic E-state index is 14.5. The first-order chi connectivity index (χ1) is 16.5. The minimum absolute atomic E-state index is 0.151. The third-order valence-corrected chi connectivity index (χ3v) is 5.60. The van der Waals surface area contributed by atoms with Crippen LogP contribution in [0.25, 0.3) is 22.3 Å². The standard InChI is InChI=1S/C25H34F2N6O/c1-17-6-7-18(14-20(17)26)24-32-22-16-23(21(27)15-19(22)25(34)33-24)31-13-5-12-30-10-3-2-9-29-11-4-8-28/h6-7,14-16,29-31H,2-5,8-13,28H2,1H3,(H,32,33,34). The van der Waals surface area contributed by atoms with E-state index in [2.05, 4.69) is 25.9 Å². The lowest BCUT2D eigenvalue weighted by molar-refractivity contribution is 0.571. The van der Waals surface area contributed by atoms with Crippen molar-refractivity contribution in [1.29, 1.82) is 0 Å². The van der Waals surface area contributed by atoms with Crippen molar-refractivity contribution in [3.05, 3.63) is 57.9 Å². The summed E-state index contributed by atoms with van der Waals surface area (Å²) in [4.78, 5) is 19.5. The summed E-state index contributed by atoms with van der Waals surface area (Å²) in [5.74, 6) is -0.647. The first-order valence-corrected chi connectivity index (χ1v) is 11.8. The molecule has 6 N–H and O–H groups in total. The van der Waals surface area contributed by atoms with Crippen molar-refractivity contribution < 1.29 is 8.78 Å². The first kappa shape index (κ1) is 25.7. The van der Waals surface area contributed by atoms with Gasteiger partial charge in [0.1, 0.15) is 17.5 Å². The second kappa shape index (κ2) is 13.1. The number of nitrogens with zero attached hydrogens (tertiary/aromatic N) is 1. The molecule has 1 aromatic heterocycles. The molecule has 0 amide bonds. The van der Waals surface area contributed by atoms with Gasteiger partial charge in [0, 0.05) is 12.1 Å². The maximum atomic E-state index is 14.5. The van der Waals surface area contributed by atoms with Crippen LogP contribution in [0.5, 0.6) is 0 Å². The Hall–Kier alpha value is -2.88. The van der Waals surface area contributed by atoms with Crippen molar-refractivity contribution in [3.63, 3.8) is 0 Å². The Kier molecular flexibility index (Phi) is 9.93. The monoisotopic (exact) mass is 472 g/mol. The molecule has 3 rings (SSSR count). The van der Waals surface area contributed by atoms with E-state index in [0.717, 1.165) is 58.4 Å². The third-order valence-electron chi connectivity index (χ3n) is 5.60. The van der Waals surface area contributed by atoms with E-state index in [4.69, 9.17) is 5.73 Å². The van der Waals surface area contributed by atoms with Crippen LogP contribution in [-0.4, -0.2) is 49.2 Å². The quantitative estimate of drug-likeness (QED) is 0.231. The highest BCUT2D eigenvalue weighted by Gasteiger charge is 2.12. The van der Waals surface area contributed by atoms with Gasteiger partial charge in [-0.1, -0.05) is 12.1 Å². The van der Waals surface area contributed by atoms with E-state index in [1.807, 2.05) is 0 Å². The molecular weight excluding hydrogens is 438 g/mol. The average Bonchev–Trinajstić information content (AvgIpc) is 2.82. The summed E-state index contributed by atoms with van der Waals surface area (Å²) in [5, 5.41) is 9.98. The predicted octanol–water partition coefficient (Wildman–Crippen LogP) is 3.29. The number of hydrogen-bond donors (Lipinski definition) is 5. The Morgan fingerprint density at radius 3 is 2.32 bits per heavy atom. The van der Waals surface area contributed by atoms with E-state index in [0.29, 0.717) is 23.2 Å². The van der Waals surface area contributed by atoms with Gasteiger partial charge in [-0.05, 0) is 89.1 Å². The molecule has 7 nitrogen and oxygen atoms in total. The number of fused-ring (bicyclic) bond motifs is 1. The van der Waals surface area contributed by atoms with Crippen LogP contribution in [0.2, 0.25) is 0 Å². The molecule has 0 aliphatic rings. The number of hydrogen-bond acceptors (Lipinski definition) is 6. The maximum Gasteiger partial charge on any atom is 0.259 e. The van der Waals surface area contributed by atoms with Gasteiger partial charge in [-0.3, -0.25) is 4.79 Å². The second-order valence-electron chi connectivity index (χ2n) is 8.36. The smallest absolute Gasteiger partial charge is 0.259 e. The summed E-state index contributed by atoms with van der Waals surface area (Å²) >= 11 is 0. The molecule has 0 saturated carbocycles. The van der Waals surface area contributed by atoms with E-state index < -0.39 is 11.4 Å². The Bertz CT molecular complexity index is 1130. The Balaban J connectivity index is 1.51. The Morgan fingerprint density at radius 1 is 0.912 bits per heavy atom. The number of halogens is 2. The Morgan fingerprint density at radius 2 is 1.62 bits per heavy atom. The zero-order chi connectivity index (χ0) is 24.3. The van der Waals surface area contributed by atoms with Gasteiger partial charge in [-0.25, -0.2) is 13.8 Å². The zero-order valence-corrected chi connectivity index (χ0v) is 19.6. The lowest BCUT2D eigenvalue weighted by Crippen LogP contribution is -2.22. The minimum atomic E-state index is -0.510. The zero-order valence-electron chi connectivity index (χ0n) is 19.6. The van der Waals surface area contributed by atoms with Crippen LogP contribution in [0.4, 0.5) is 14.5 Å². The molecule has 2 aromatic carbocycles. The van der Waals surface area contributed by atoms with Gasteiger partial charge >= 0.3 is 0 Å². The van der Waals surface area contributed by atoms with Crippen LogP contribution in [0.1, 0.15) is 31.2 Å². The number of benzene rings is 2. The number of nitrogens with one attached hydrogen (secondary N) is 4. The topological polar surface area (TPSA) is 108 Å². The number of aromatic nitrogens is 2. The summed E-state index contributed by atoms with van der Waals surface area (Å²) < 4.78 is 28.5. The fourth-order valence-corrected chi connectivity index (χ4v) is 3.59. The highest BCUT2D eigenvalue weighted by molar-refractivity contribution is 5.83. The molecule has 9 heteroatoms. The second-order valence-corrected chi connectivity index (χ2v) is 8.36. The minimum Gasteiger partial charge on any atom is -0.383 e. The summed E-state index contributed by atoms with van der Waals surface area (Å²) in [6.45, 7) is 6.70. The molecular formula is C25H34F2N6O. The third kappa shape index (κ3) is 7.31. The van der Waals surface area contributed by atoms with Crippen molar-refractivity contribution in [1.82, 2.24) is 20.6 Å². The average molecular weight is 473 g/mol. The predicted molar refractivity (Wildman–Crippen MR) is 134 cm³/mol. The molecule has 0 aliphatic heterocycles. The molecule has 0 spiro atoms.